The number of piperidine rings is 1. The number of carbonyl (C=O) groups excluding carboxylic acids is 1. The summed E-state index contributed by atoms with van der Waals surface area (Å²) in [5.74, 6) is 0.454. The van der Waals surface area contributed by atoms with E-state index >= 15 is 0 Å². The first kappa shape index (κ1) is 20.9. The van der Waals surface area contributed by atoms with Gasteiger partial charge < -0.3 is 9.64 Å². The summed E-state index contributed by atoms with van der Waals surface area (Å²) in [6.07, 6.45) is 4.52. The van der Waals surface area contributed by atoms with E-state index in [1.54, 1.807) is 34.5 Å². The van der Waals surface area contributed by atoms with Gasteiger partial charge in [0.15, 0.2) is 0 Å². The second-order valence-corrected chi connectivity index (χ2v) is 9.91. The van der Waals surface area contributed by atoms with Gasteiger partial charge in [0.2, 0.25) is 10.0 Å². The number of sulfonamides is 1. The molecule has 2 aliphatic heterocycles. The van der Waals surface area contributed by atoms with Crippen LogP contribution in [0.2, 0.25) is 0 Å². The van der Waals surface area contributed by atoms with Crippen LogP contribution in [0, 0.1) is 0 Å². The third kappa shape index (κ3) is 3.72. The van der Waals surface area contributed by atoms with Crippen LogP contribution in [0.5, 0.6) is 5.75 Å². The van der Waals surface area contributed by atoms with Gasteiger partial charge in [-0.3, -0.25) is 4.79 Å². The topological polar surface area (TPSA) is 66.9 Å². The van der Waals surface area contributed by atoms with Gasteiger partial charge in [0.1, 0.15) is 5.75 Å². The standard InChI is InChI=1S/C23H28N2O4S/c1-17-8-3-4-15-25(17)30(27,28)20-12-5-10-19(16-20)23(26)24-14-7-11-18-9-6-13-21(29-2)22(18)24/h5-6,9-10,12-13,16-17H,3-4,7-8,11,14-15H2,1-2H3. The number of hydrogen-bond acceptors (Lipinski definition) is 4. The number of anilines is 1. The van der Waals surface area contributed by atoms with Crippen LogP contribution in [0.15, 0.2) is 47.4 Å². The number of aryl methyl sites for hydroxylation is 1. The maximum absolute atomic E-state index is 13.4. The molecule has 0 spiro atoms. The van der Waals surface area contributed by atoms with E-state index in [9.17, 15) is 13.2 Å². The molecule has 6 nitrogen and oxygen atoms in total. The molecule has 160 valence electrons. The van der Waals surface area contributed by atoms with Gasteiger partial charge in [-0.25, -0.2) is 8.42 Å². The van der Waals surface area contributed by atoms with E-state index < -0.39 is 10.0 Å². The minimum absolute atomic E-state index is 0.0265. The highest BCUT2D eigenvalue weighted by Crippen LogP contribution is 2.37. The fourth-order valence-corrected chi connectivity index (χ4v) is 6.24. The number of amides is 1. The number of benzene rings is 2. The van der Waals surface area contributed by atoms with E-state index in [0.717, 1.165) is 43.4 Å². The highest BCUT2D eigenvalue weighted by Gasteiger charge is 2.32. The minimum Gasteiger partial charge on any atom is -0.495 e. The molecule has 4 rings (SSSR count). The van der Waals surface area contributed by atoms with E-state index in [1.807, 2.05) is 25.1 Å². The molecule has 30 heavy (non-hydrogen) atoms. The van der Waals surface area contributed by atoms with E-state index in [1.165, 1.54) is 6.07 Å². The molecule has 2 aromatic rings. The molecule has 1 saturated heterocycles. The summed E-state index contributed by atoms with van der Waals surface area (Å²) in [5.41, 5.74) is 2.23. The van der Waals surface area contributed by atoms with Crippen LogP contribution >= 0.6 is 0 Å². The Morgan fingerprint density at radius 1 is 1.07 bits per heavy atom. The molecule has 0 saturated carbocycles. The predicted molar refractivity (Wildman–Crippen MR) is 117 cm³/mol. The van der Waals surface area contributed by atoms with E-state index in [2.05, 4.69) is 0 Å². The smallest absolute Gasteiger partial charge is 0.258 e. The Morgan fingerprint density at radius 2 is 1.87 bits per heavy atom. The van der Waals surface area contributed by atoms with Gasteiger partial charge in [-0.2, -0.15) is 4.31 Å². The van der Waals surface area contributed by atoms with Crippen molar-refractivity contribution in [2.75, 3.05) is 25.1 Å². The van der Waals surface area contributed by atoms with Crippen LogP contribution in [-0.4, -0.2) is 44.9 Å². The molecule has 1 fully saturated rings. The Balaban J connectivity index is 1.68. The summed E-state index contributed by atoms with van der Waals surface area (Å²) in [7, 11) is -2.04. The Labute approximate surface area is 178 Å². The molecular formula is C23H28N2O4S. The molecule has 0 aromatic heterocycles. The molecule has 1 atom stereocenters. The Bertz CT molecular complexity index is 1040. The summed E-state index contributed by atoms with van der Waals surface area (Å²) >= 11 is 0. The van der Waals surface area contributed by atoms with Crippen molar-refractivity contribution in [3.05, 3.63) is 53.6 Å². The molecule has 0 radical (unpaired) electrons. The lowest BCUT2D eigenvalue weighted by atomic mass is 10.00. The number of para-hydroxylation sites is 1. The summed E-state index contributed by atoms with van der Waals surface area (Å²) in [4.78, 5) is 15.3. The van der Waals surface area contributed by atoms with Gasteiger partial charge in [-0.05, 0) is 62.4 Å². The fourth-order valence-electron chi connectivity index (χ4n) is 4.49. The molecule has 2 aromatic carbocycles. The molecule has 0 aliphatic carbocycles. The molecule has 1 unspecified atom stereocenters. The van der Waals surface area contributed by atoms with Crippen LogP contribution in [0.4, 0.5) is 5.69 Å². The van der Waals surface area contributed by atoms with Crippen molar-refractivity contribution in [3.8, 4) is 5.75 Å². The van der Waals surface area contributed by atoms with Gasteiger partial charge in [-0.15, -0.1) is 0 Å². The van der Waals surface area contributed by atoms with Gasteiger partial charge >= 0.3 is 0 Å². The predicted octanol–water partition coefficient (Wildman–Crippen LogP) is 3.85. The van der Waals surface area contributed by atoms with Crippen molar-refractivity contribution in [2.24, 2.45) is 0 Å². The summed E-state index contributed by atoms with van der Waals surface area (Å²) in [6.45, 7) is 3.05. The lowest BCUT2D eigenvalue weighted by molar-refractivity contribution is 0.0984. The zero-order valence-electron chi connectivity index (χ0n) is 17.5. The molecule has 0 bridgehead atoms. The SMILES string of the molecule is COc1cccc2c1N(C(=O)c1cccc(S(=O)(=O)N3CCCCC3C)c1)CCC2. The summed E-state index contributed by atoms with van der Waals surface area (Å²) < 4.78 is 33.5. The number of carbonyl (C=O) groups is 1. The largest absolute Gasteiger partial charge is 0.495 e. The van der Waals surface area contributed by atoms with Crippen molar-refractivity contribution < 1.29 is 17.9 Å². The molecule has 1 amide bonds. The number of methoxy groups -OCH3 is 1. The minimum atomic E-state index is -3.63. The zero-order valence-corrected chi connectivity index (χ0v) is 18.3. The number of nitrogens with zero attached hydrogens (tertiary/aromatic N) is 2. The van der Waals surface area contributed by atoms with E-state index in [-0.39, 0.29) is 16.8 Å². The normalized spacial score (nSPS) is 19.9. The molecule has 2 heterocycles. The van der Waals surface area contributed by atoms with Crippen LogP contribution in [-0.2, 0) is 16.4 Å². The van der Waals surface area contributed by atoms with E-state index in [4.69, 9.17) is 4.74 Å². The van der Waals surface area contributed by atoms with Gasteiger partial charge in [0, 0.05) is 24.7 Å². The third-order valence-corrected chi connectivity index (χ3v) is 8.08. The average molecular weight is 429 g/mol. The van der Waals surface area contributed by atoms with Crippen molar-refractivity contribution in [1.82, 2.24) is 4.31 Å². The van der Waals surface area contributed by atoms with Crippen molar-refractivity contribution in [1.29, 1.82) is 0 Å². The fraction of sp³-hybridized carbons (Fsp3) is 0.435. The summed E-state index contributed by atoms with van der Waals surface area (Å²) in [5, 5.41) is 0. The highest BCUT2D eigenvalue weighted by molar-refractivity contribution is 7.89. The quantitative estimate of drug-likeness (QED) is 0.742. The molecule has 0 N–H and O–H groups in total. The molecular weight excluding hydrogens is 400 g/mol. The zero-order chi connectivity index (χ0) is 21.3. The first-order chi connectivity index (χ1) is 14.4. The first-order valence-corrected chi connectivity index (χ1v) is 12.0. The number of ether oxygens (including phenoxy) is 1. The van der Waals surface area contributed by atoms with Gasteiger partial charge in [0.25, 0.3) is 5.91 Å². The van der Waals surface area contributed by atoms with Crippen LogP contribution < -0.4 is 9.64 Å². The van der Waals surface area contributed by atoms with Crippen LogP contribution in [0.25, 0.3) is 0 Å². The van der Waals surface area contributed by atoms with Gasteiger partial charge in [0.05, 0.1) is 17.7 Å². The third-order valence-electron chi connectivity index (χ3n) is 6.07. The van der Waals surface area contributed by atoms with Crippen molar-refractivity contribution in [3.63, 3.8) is 0 Å². The number of fused-ring (bicyclic) bond motifs is 1. The van der Waals surface area contributed by atoms with Crippen molar-refractivity contribution >= 4 is 21.6 Å². The Morgan fingerprint density at radius 3 is 2.63 bits per heavy atom. The first-order valence-electron chi connectivity index (χ1n) is 10.5. The Kier molecular flexibility index (Phi) is 5.84. The van der Waals surface area contributed by atoms with Crippen LogP contribution in [0.1, 0.15) is 48.5 Å². The van der Waals surface area contributed by atoms with Gasteiger partial charge in [-0.1, -0.05) is 24.6 Å². The molecule has 2 aliphatic rings. The maximum atomic E-state index is 13.4. The Hall–Kier alpha value is -2.38. The highest BCUT2D eigenvalue weighted by atomic mass is 32.2. The van der Waals surface area contributed by atoms with Crippen molar-refractivity contribution in [2.45, 2.75) is 50.0 Å². The lowest BCUT2D eigenvalue weighted by Gasteiger charge is -2.33. The van der Waals surface area contributed by atoms with E-state index in [0.29, 0.717) is 24.4 Å². The second-order valence-electron chi connectivity index (χ2n) is 8.02. The lowest BCUT2D eigenvalue weighted by Crippen LogP contribution is -2.42. The monoisotopic (exact) mass is 428 g/mol. The number of rotatable bonds is 4. The molecule has 7 heteroatoms. The summed E-state index contributed by atoms with van der Waals surface area (Å²) in [6, 6.07) is 12.2. The maximum Gasteiger partial charge on any atom is 0.258 e. The average Bonchev–Trinajstić information content (AvgIpc) is 2.78. The second kappa shape index (κ2) is 8.40. The number of hydrogen-bond donors (Lipinski definition) is 0. The van der Waals surface area contributed by atoms with Crippen LogP contribution in [0.3, 0.4) is 0 Å².